The fourth-order valence-corrected chi connectivity index (χ4v) is 1.54. The minimum absolute atomic E-state index is 0.0403. The molecule has 0 amide bonds. The average Bonchev–Trinajstić information content (AvgIpc) is 2.26. The highest BCUT2D eigenvalue weighted by Gasteiger charge is 2.08. The predicted octanol–water partition coefficient (Wildman–Crippen LogP) is 2.88. The van der Waals surface area contributed by atoms with E-state index in [1.54, 1.807) is 6.07 Å². The molecule has 0 saturated carbocycles. The van der Waals surface area contributed by atoms with Gasteiger partial charge in [0, 0.05) is 5.56 Å². The van der Waals surface area contributed by atoms with Crippen LogP contribution in [0.5, 0.6) is 0 Å². The number of halogens is 3. The summed E-state index contributed by atoms with van der Waals surface area (Å²) in [5.74, 6) is -0.627. The van der Waals surface area contributed by atoms with Crippen LogP contribution in [0.2, 0.25) is 10.0 Å². The fraction of sp³-hybridized carbons (Fsp3) is 0. The highest BCUT2D eigenvalue weighted by molar-refractivity contribution is 6.42. The predicted molar refractivity (Wildman–Crippen MR) is 60.3 cm³/mol. The summed E-state index contributed by atoms with van der Waals surface area (Å²) in [6.07, 6.45) is 0.858. The van der Waals surface area contributed by atoms with Crippen LogP contribution in [0.15, 0.2) is 29.2 Å². The lowest BCUT2D eigenvalue weighted by atomic mass is 10.1. The molecule has 0 unspecified atom stereocenters. The summed E-state index contributed by atoms with van der Waals surface area (Å²) in [7, 11) is 0. The van der Waals surface area contributed by atoms with Crippen molar-refractivity contribution in [2.45, 2.75) is 0 Å². The molecule has 1 heterocycles. The molecule has 2 rings (SSSR count). The molecular formula is C10H5Cl2FN2O. The zero-order chi connectivity index (χ0) is 11.7. The van der Waals surface area contributed by atoms with E-state index in [4.69, 9.17) is 23.2 Å². The van der Waals surface area contributed by atoms with Gasteiger partial charge in [0.15, 0.2) is 5.82 Å². The molecule has 0 radical (unpaired) electrons. The van der Waals surface area contributed by atoms with Crippen molar-refractivity contribution in [1.29, 1.82) is 0 Å². The zero-order valence-electron chi connectivity index (χ0n) is 7.80. The second kappa shape index (κ2) is 4.23. The molecule has 6 heteroatoms. The number of nitrogens with one attached hydrogen (secondary N) is 1. The maximum absolute atomic E-state index is 13.4. The molecule has 82 valence electrons. The van der Waals surface area contributed by atoms with E-state index in [-0.39, 0.29) is 10.7 Å². The van der Waals surface area contributed by atoms with Gasteiger partial charge in [-0.25, -0.2) is 9.18 Å². The molecule has 1 aromatic heterocycles. The van der Waals surface area contributed by atoms with Crippen molar-refractivity contribution in [2.24, 2.45) is 0 Å². The largest absolute Gasteiger partial charge is 0.345 e. The monoisotopic (exact) mass is 258 g/mol. The average molecular weight is 259 g/mol. The number of hydrogen-bond acceptors (Lipinski definition) is 2. The summed E-state index contributed by atoms with van der Waals surface area (Å²) in [4.78, 5) is 16.5. The fourth-order valence-electron chi connectivity index (χ4n) is 1.24. The van der Waals surface area contributed by atoms with Crippen LogP contribution in [-0.2, 0) is 0 Å². The molecule has 0 fully saturated rings. The molecule has 2 aromatic rings. The Kier molecular flexibility index (Phi) is 2.94. The number of aromatic amines is 1. The molecule has 16 heavy (non-hydrogen) atoms. The first-order valence-corrected chi connectivity index (χ1v) is 5.04. The van der Waals surface area contributed by atoms with Gasteiger partial charge in [0.25, 0.3) is 0 Å². The Bertz CT molecular complexity index is 598. The normalized spacial score (nSPS) is 10.4. The zero-order valence-corrected chi connectivity index (χ0v) is 9.31. The maximum Gasteiger partial charge on any atom is 0.345 e. The van der Waals surface area contributed by atoms with Crippen LogP contribution in [0.3, 0.4) is 0 Å². The van der Waals surface area contributed by atoms with E-state index < -0.39 is 11.5 Å². The Hall–Kier alpha value is -1.39. The Morgan fingerprint density at radius 1 is 1.25 bits per heavy atom. The van der Waals surface area contributed by atoms with Gasteiger partial charge in [-0.1, -0.05) is 29.3 Å². The van der Waals surface area contributed by atoms with Crippen LogP contribution < -0.4 is 5.69 Å². The van der Waals surface area contributed by atoms with Crippen LogP contribution in [-0.4, -0.2) is 9.97 Å². The number of hydrogen-bond donors (Lipinski definition) is 1. The summed E-state index contributed by atoms with van der Waals surface area (Å²) >= 11 is 11.5. The third kappa shape index (κ3) is 2.08. The van der Waals surface area contributed by atoms with E-state index in [0.717, 1.165) is 6.20 Å². The van der Waals surface area contributed by atoms with E-state index in [0.29, 0.717) is 10.6 Å². The SMILES string of the molecule is O=c1ncc(F)c(-c2ccc(Cl)c(Cl)c2)[nH]1. The molecule has 0 aliphatic carbocycles. The molecule has 0 aliphatic heterocycles. The van der Waals surface area contributed by atoms with Crippen LogP contribution >= 0.6 is 23.2 Å². The van der Waals surface area contributed by atoms with Crippen LogP contribution in [0.4, 0.5) is 4.39 Å². The van der Waals surface area contributed by atoms with Crippen molar-refractivity contribution in [3.8, 4) is 11.3 Å². The minimum Gasteiger partial charge on any atom is -0.303 e. The van der Waals surface area contributed by atoms with Crippen molar-refractivity contribution in [3.63, 3.8) is 0 Å². The Morgan fingerprint density at radius 3 is 2.69 bits per heavy atom. The highest BCUT2D eigenvalue weighted by Crippen LogP contribution is 2.27. The lowest BCUT2D eigenvalue weighted by molar-refractivity contribution is 0.615. The lowest BCUT2D eigenvalue weighted by Gasteiger charge is -2.03. The second-order valence-electron chi connectivity index (χ2n) is 3.04. The third-order valence-electron chi connectivity index (χ3n) is 1.97. The number of benzene rings is 1. The minimum atomic E-state index is -0.627. The summed E-state index contributed by atoms with van der Waals surface area (Å²) in [6, 6.07) is 4.55. The Morgan fingerprint density at radius 2 is 2.00 bits per heavy atom. The van der Waals surface area contributed by atoms with Crippen LogP contribution in [0.25, 0.3) is 11.3 Å². The smallest absolute Gasteiger partial charge is 0.303 e. The highest BCUT2D eigenvalue weighted by atomic mass is 35.5. The van der Waals surface area contributed by atoms with Gasteiger partial charge in [0.05, 0.1) is 21.9 Å². The van der Waals surface area contributed by atoms with E-state index in [2.05, 4.69) is 9.97 Å². The van der Waals surface area contributed by atoms with E-state index in [1.807, 2.05) is 0 Å². The second-order valence-corrected chi connectivity index (χ2v) is 3.85. The molecule has 0 aliphatic rings. The Balaban J connectivity index is 2.62. The molecule has 3 nitrogen and oxygen atoms in total. The Labute approximate surface area is 99.9 Å². The topological polar surface area (TPSA) is 45.8 Å². The molecule has 0 spiro atoms. The number of H-pyrrole nitrogens is 1. The summed E-state index contributed by atoms with van der Waals surface area (Å²) in [5, 5.41) is 0.651. The quantitative estimate of drug-likeness (QED) is 0.855. The molecular weight excluding hydrogens is 254 g/mol. The van der Waals surface area contributed by atoms with Gasteiger partial charge in [-0.05, 0) is 12.1 Å². The van der Waals surface area contributed by atoms with E-state index in [9.17, 15) is 9.18 Å². The van der Waals surface area contributed by atoms with Gasteiger partial charge < -0.3 is 4.98 Å². The summed E-state index contributed by atoms with van der Waals surface area (Å²) in [5.41, 5.74) is -0.146. The van der Waals surface area contributed by atoms with Gasteiger partial charge >= 0.3 is 5.69 Å². The lowest BCUT2D eigenvalue weighted by Crippen LogP contribution is -2.11. The first-order chi connectivity index (χ1) is 7.58. The van der Waals surface area contributed by atoms with Crippen molar-refractivity contribution in [2.75, 3.05) is 0 Å². The molecule has 1 aromatic carbocycles. The van der Waals surface area contributed by atoms with Crippen molar-refractivity contribution in [1.82, 2.24) is 9.97 Å². The van der Waals surface area contributed by atoms with Crippen molar-refractivity contribution >= 4 is 23.2 Å². The van der Waals surface area contributed by atoms with Crippen molar-refractivity contribution < 1.29 is 4.39 Å². The van der Waals surface area contributed by atoms with Gasteiger partial charge in [-0.2, -0.15) is 4.98 Å². The number of nitrogens with zero attached hydrogens (tertiary/aromatic N) is 1. The van der Waals surface area contributed by atoms with E-state index in [1.165, 1.54) is 12.1 Å². The molecule has 0 bridgehead atoms. The number of aromatic nitrogens is 2. The first kappa shape index (κ1) is 11.1. The molecule has 0 atom stereocenters. The molecule has 1 N–H and O–H groups in total. The standard InChI is InChI=1S/C10H5Cl2FN2O/c11-6-2-1-5(3-7(6)12)9-8(13)4-14-10(16)15-9/h1-4H,(H,14,15,16). The summed E-state index contributed by atoms with van der Waals surface area (Å²) < 4.78 is 13.4. The molecule has 0 saturated heterocycles. The first-order valence-electron chi connectivity index (χ1n) is 4.28. The van der Waals surface area contributed by atoms with Crippen LogP contribution in [0, 0.1) is 5.82 Å². The van der Waals surface area contributed by atoms with Gasteiger partial charge in [0.2, 0.25) is 0 Å². The van der Waals surface area contributed by atoms with Crippen molar-refractivity contribution in [3.05, 3.63) is 50.7 Å². The third-order valence-corrected chi connectivity index (χ3v) is 2.71. The maximum atomic E-state index is 13.4. The van der Waals surface area contributed by atoms with Crippen LogP contribution in [0.1, 0.15) is 0 Å². The number of rotatable bonds is 1. The van der Waals surface area contributed by atoms with Gasteiger partial charge in [-0.15, -0.1) is 0 Å². The van der Waals surface area contributed by atoms with Gasteiger partial charge in [-0.3, -0.25) is 0 Å². The van der Waals surface area contributed by atoms with E-state index >= 15 is 0 Å². The summed E-state index contributed by atoms with van der Waals surface area (Å²) in [6.45, 7) is 0. The van der Waals surface area contributed by atoms with Gasteiger partial charge in [0.1, 0.15) is 0 Å².